The minimum atomic E-state index is -4.24. The van der Waals surface area contributed by atoms with E-state index in [4.69, 9.17) is 4.52 Å². The molecule has 0 aromatic carbocycles. The minimum Gasteiger partial charge on any atom is -0.335 e. The Balaban J connectivity index is 5.08. The lowest BCUT2D eigenvalue weighted by Crippen LogP contribution is -2.56. The minimum absolute atomic E-state index is 0.722. The maximum absolute atomic E-state index is 12.4. The van der Waals surface area contributed by atoms with Crippen LogP contribution in [0.1, 0.15) is 13.3 Å². The number of nitrogens with zero attached hydrogens (tertiary/aromatic N) is 1. The molecule has 1 unspecified atom stereocenters. The molecule has 0 aromatic heterocycles. The van der Waals surface area contributed by atoms with Gasteiger partial charge in [0.1, 0.15) is 23.1 Å². The van der Waals surface area contributed by atoms with Gasteiger partial charge in [0.2, 0.25) is 0 Å². The van der Waals surface area contributed by atoms with Crippen molar-refractivity contribution in [3.63, 3.8) is 0 Å². The average molecular weight is 333 g/mol. The van der Waals surface area contributed by atoms with Gasteiger partial charge in [-0.2, -0.15) is 13.2 Å². The molecule has 0 bridgehead atoms. The van der Waals surface area contributed by atoms with Gasteiger partial charge in [0, 0.05) is 6.16 Å². The summed E-state index contributed by atoms with van der Waals surface area (Å²) in [7, 11) is -4.50. The first-order chi connectivity index (χ1) is 8.29. The summed E-state index contributed by atoms with van der Waals surface area (Å²) in [5.74, 6) is 0. The second-order valence-corrected chi connectivity index (χ2v) is 19.2. The number of rotatable bonds is 7. The number of alkyl halides is 3. The predicted octanol–water partition coefficient (Wildman–Crippen LogP) is 5.26. The van der Waals surface area contributed by atoms with Gasteiger partial charge >= 0.3 is 6.18 Å². The second kappa shape index (κ2) is 7.03. The summed E-state index contributed by atoms with van der Waals surface area (Å²) in [4.78, 5) is 0. The number of hydrogen-bond donors (Lipinski definition) is 0. The van der Waals surface area contributed by atoms with E-state index in [1.807, 2.05) is 6.92 Å². The van der Waals surface area contributed by atoms with E-state index in [1.165, 1.54) is 0 Å². The SMILES string of the molecule is CCCP(OCC(F)(F)F)N([Si](C)(C)C)[Si](C)(C)C. The fourth-order valence-electron chi connectivity index (χ4n) is 2.24. The first-order valence-corrected chi connectivity index (χ1v) is 14.9. The number of halogens is 3. The van der Waals surface area contributed by atoms with Crippen LogP contribution >= 0.6 is 8.30 Å². The Morgan fingerprint density at radius 2 is 1.42 bits per heavy atom. The topological polar surface area (TPSA) is 12.5 Å². The Bertz CT molecular complexity index is 263. The maximum Gasteiger partial charge on any atom is 0.412 e. The molecule has 0 aliphatic heterocycles. The van der Waals surface area contributed by atoms with E-state index in [-0.39, 0.29) is 0 Å². The molecular weight excluding hydrogens is 306 g/mol. The molecule has 0 aliphatic rings. The van der Waals surface area contributed by atoms with Crippen LogP contribution in [0.4, 0.5) is 13.2 Å². The molecule has 0 radical (unpaired) electrons. The monoisotopic (exact) mass is 333 g/mol. The highest BCUT2D eigenvalue weighted by atomic mass is 31.2. The molecule has 116 valence electrons. The van der Waals surface area contributed by atoms with Crippen molar-refractivity contribution in [3.8, 4) is 0 Å². The van der Waals surface area contributed by atoms with Crippen molar-refractivity contribution in [1.82, 2.24) is 4.00 Å². The van der Waals surface area contributed by atoms with E-state index in [2.05, 4.69) is 43.3 Å². The van der Waals surface area contributed by atoms with E-state index in [9.17, 15) is 13.2 Å². The largest absolute Gasteiger partial charge is 0.412 e. The first-order valence-electron chi connectivity index (χ1n) is 6.56. The molecule has 0 aromatic rings. The zero-order chi connectivity index (χ0) is 15.5. The van der Waals surface area contributed by atoms with Gasteiger partial charge in [0.15, 0.2) is 0 Å². The summed E-state index contributed by atoms with van der Waals surface area (Å²) >= 11 is 0. The van der Waals surface area contributed by atoms with Crippen LogP contribution in [0.5, 0.6) is 0 Å². The normalized spacial score (nSPS) is 15.9. The molecule has 0 heterocycles. The van der Waals surface area contributed by atoms with Crippen LogP contribution in [0.15, 0.2) is 0 Å². The summed E-state index contributed by atoms with van der Waals surface area (Å²) in [6.45, 7) is 14.0. The fraction of sp³-hybridized carbons (Fsp3) is 1.00. The van der Waals surface area contributed by atoms with Gasteiger partial charge in [-0.1, -0.05) is 46.2 Å². The van der Waals surface area contributed by atoms with Crippen LogP contribution in [0.25, 0.3) is 0 Å². The first kappa shape index (κ1) is 19.6. The zero-order valence-electron chi connectivity index (χ0n) is 13.1. The molecule has 1 atom stereocenters. The standard InChI is InChI=1S/C11H27F3NOPSi2/c1-8-9-17(16-10-11(12,13)14)15(18(2,3)4)19(5,6)7/h8-10H2,1-7H3. The highest BCUT2D eigenvalue weighted by Gasteiger charge is 2.41. The van der Waals surface area contributed by atoms with Gasteiger partial charge < -0.3 is 8.53 Å². The smallest absolute Gasteiger partial charge is 0.335 e. The van der Waals surface area contributed by atoms with Gasteiger partial charge in [0.25, 0.3) is 0 Å². The molecule has 0 saturated heterocycles. The van der Waals surface area contributed by atoms with E-state index >= 15 is 0 Å². The van der Waals surface area contributed by atoms with Crippen LogP contribution in [-0.4, -0.2) is 39.4 Å². The van der Waals surface area contributed by atoms with E-state index < -0.39 is 37.6 Å². The molecule has 0 rings (SSSR count). The molecule has 0 amide bonds. The van der Waals surface area contributed by atoms with Crippen molar-refractivity contribution in [1.29, 1.82) is 0 Å². The highest BCUT2D eigenvalue weighted by molar-refractivity contribution is 7.55. The molecule has 0 fully saturated rings. The van der Waals surface area contributed by atoms with Crippen molar-refractivity contribution >= 4 is 24.8 Å². The van der Waals surface area contributed by atoms with Gasteiger partial charge in [-0.3, -0.25) is 0 Å². The van der Waals surface area contributed by atoms with Gasteiger partial charge in [-0.05, 0) is 6.42 Å². The Hall–Kier alpha value is 0.574. The van der Waals surface area contributed by atoms with Gasteiger partial charge in [-0.25, -0.2) is 0 Å². The molecule has 0 saturated carbocycles. The lowest BCUT2D eigenvalue weighted by atomic mass is 10.6. The molecule has 0 aliphatic carbocycles. The molecule has 2 nitrogen and oxygen atoms in total. The van der Waals surface area contributed by atoms with E-state index in [0.717, 1.165) is 12.6 Å². The Labute approximate surface area is 118 Å². The third kappa shape index (κ3) is 7.80. The van der Waals surface area contributed by atoms with Crippen molar-refractivity contribution in [2.45, 2.75) is 58.8 Å². The van der Waals surface area contributed by atoms with Crippen LogP contribution < -0.4 is 0 Å². The third-order valence-corrected chi connectivity index (χ3v) is 15.5. The van der Waals surface area contributed by atoms with Crippen LogP contribution in [-0.2, 0) is 4.52 Å². The summed E-state index contributed by atoms with van der Waals surface area (Å²) in [5, 5.41) is 0. The Morgan fingerprint density at radius 3 is 1.68 bits per heavy atom. The van der Waals surface area contributed by atoms with Gasteiger partial charge in [0.05, 0.1) is 8.30 Å². The van der Waals surface area contributed by atoms with Crippen molar-refractivity contribution < 1.29 is 17.7 Å². The molecule has 0 spiro atoms. The molecular formula is C11H27F3NOPSi2. The third-order valence-electron chi connectivity index (χ3n) is 2.29. The van der Waals surface area contributed by atoms with E-state index in [0.29, 0.717) is 0 Å². The number of hydrogen-bond acceptors (Lipinski definition) is 2. The van der Waals surface area contributed by atoms with Crippen LogP contribution in [0.3, 0.4) is 0 Å². The van der Waals surface area contributed by atoms with Crippen molar-refractivity contribution in [2.75, 3.05) is 12.8 Å². The predicted molar refractivity (Wildman–Crippen MR) is 82.6 cm³/mol. The Morgan fingerprint density at radius 1 is 1.00 bits per heavy atom. The van der Waals surface area contributed by atoms with Crippen LogP contribution in [0.2, 0.25) is 39.3 Å². The molecule has 19 heavy (non-hydrogen) atoms. The quantitative estimate of drug-likeness (QED) is 0.465. The van der Waals surface area contributed by atoms with Crippen molar-refractivity contribution in [3.05, 3.63) is 0 Å². The molecule has 0 N–H and O–H groups in total. The summed E-state index contributed by atoms with van der Waals surface area (Å²) < 4.78 is 44.9. The average Bonchev–Trinajstić information content (AvgIpc) is 2.08. The maximum atomic E-state index is 12.4. The van der Waals surface area contributed by atoms with Crippen LogP contribution in [0, 0.1) is 0 Å². The summed E-state index contributed by atoms with van der Waals surface area (Å²) in [6, 6.07) is 0. The lowest BCUT2D eigenvalue weighted by molar-refractivity contribution is -0.152. The van der Waals surface area contributed by atoms with Crippen molar-refractivity contribution in [2.24, 2.45) is 0 Å². The summed E-state index contributed by atoms with van der Waals surface area (Å²) in [6.07, 6.45) is -2.66. The Kier molecular flexibility index (Phi) is 7.24. The van der Waals surface area contributed by atoms with Gasteiger partial charge in [-0.15, -0.1) is 0 Å². The lowest BCUT2D eigenvalue weighted by Gasteiger charge is -2.47. The molecule has 8 heteroatoms. The van der Waals surface area contributed by atoms with E-state index in [1.54, 1.807) is 0 Å². The fourth-order valence-corrected chi connectivity index (χ4v) is 17.7. The summed E-state index contributed by atoms with van der Waals surface area (Å²) in [5.41, 5.74) is 0. The zero-order valence-corrected chi connectivity index (χ0v) is 16.0. The second-order valence-electron chi connectivity index (χ2n) is 6.62. The highest BCUT2D eigenvalue weighted by Crippen LogP contribution is 2.49.